The van der Waals surface area contributed by atoms with Crippen molar-refractivity contribution in [2.45, 2.75) is 64.6 Å². The minimum absolute atomic E-state index is 0.0335. The molecule has 1 aliphatic rings. The largest absolute Gasteiger partial charge is 0.495 e. The van der Waals surface area contributed by atoms with Crippen molar-refractivity contribution in [3.8, 4) is 5.75 Å². The number of nitro groups is 1. The van der Waals surface area contributed by atoms with Gasteiger partial charge in [0.15, 0.2) is 0 Å². The maximum atomic E-state index is 12.0. The van der Waals surface area contributed by atoms with Gasteiger partial charge in [0.05, 0.1) is 17.7 Å². The van der Waals surface area contributed by atoms with Crippen LogP contribution in [0.5, 0.6) is 5.75 Å². The average molecular weight is 415 g/mol. The molecule has 0 amide bonds. The molecule has 0 radical (unpaired) electrons. The molecule has 1 aromatic carbocycles. The van der Waals surface area contributed by atoms with Crippen LogP contribution in [0.25, 0.3) is 0 Å². The van der Waals surface area contributed by atoms with E-state index in [2.05, 4.69) is 53.6 Å². The Bertz CT molecular complexity index is 928. The molecule has 3 rings (SSSR count). The fraction of sp³-hybridized carbons (Fsp3) is 0.524. The van der Waals surface area contributed by atoms with Gasteiger partial charge in [-0.3, -0.25) is 10.1 Å². The van der Waals surface area contributed by atoms with Gasteiger partial charge in [-0.2, -0.15) is 0 Å². The van der Waals surface area contributed by atoms with Gasteiger partial charge in [-0.1, -0.05) is 6.07 Å². The molecule has 1 aliphatic heterocycles. The highest BCUT2D eigenvalue weighted by Crippen LogP contribution is 2.37. The van der Waals surface area contributed by atoms with E-state index in [1.165, 1.54) is 6.33 Å². The molecular formula is C21H30N6O3. The van der Waals surface area contributed by atoms with Crippen molar-refractivity contribution >= 4 is 23.0 Å². The average Bonchev–Trinajstić information content (AvgIpc) is 2.59. The second-order valence-corrected chi connectivity index (χ2v) is 9.15. The zero-order chi connectivity index (χ0) is 22.1. The highest BCUT2D eigenvalue weighted by Gasteiger charge is 2.38. The van der Waals surface area contributed by atoms with Crippen LogP contribution in [0, 0.1) is 17.0 Å². The van der Waals surface area contributed by atoms with E-state index in [1.807, 2.05) is 25.1 Å². The molecule has 162 valence electrons. The SMILES string of the molecule is COc1ccc(C)cc1Nc1ncnc(NC2CC(C)(C)NC(C)(C)C2)c1[N+](=O)[O-]. The van der Waals surface area contributed by atoms with Crippen LogP contribution in [-0.4, -0.2) is 39.1 Å². The van der Waals surface area contributed by atoms with Crippen molar-refractivity contribution in [2.75, 3.05) is 17.7 Å². The van der Waals surface area contributed by atoms with Crippen LogP contribution >= 0.6 is 0 Å². The lowest BCUT2D eigenvalue weighted by Gasteiger charge is -2.46. The lowest BCUT2D eigenvalue weighted by molar-refractivity contribution is -0.383. The topological polar surface area (TPSA) is 114 Å². The van der Waals surface area contributed by atoms with Gasteiger partial charge in [0.25, 0.3) is 0 Å². The summed E-state index contributed by atoms with van der Waals surface area (Å²) in [6.07, 6.45) is 2.95. The summed E-state index contributed by atoms with van der Waals surface area (Å²) in [5.74, 6) is 0.904. The summed E-state index contributed by atoms with van der Waals surface area (Å²) in [6, 6.07) is 5.61. The van der Waals surface area contributed by atoms with E-state index in [9.17, 15) is 10.1 Å². The van der Waals surface area contributed by atoms with Crippen molar-refractivity contribution in [1.82, 2.24) is 15.3 Å². The van der Waals surface area contributed by atoms with Gasteiger partial charge >= 0.3 is 5.69 Å². The van der Waals surface area contributed by atoms with Crippen LogP contribution in [0.4, 0.5) is 23.0 Å². The standard InChI is InChI=1S/C21H30N6O3/c1-13-7-8-16(30-6)15(9-13)25-19-17(27(28)29)18(22-12-23-19)24-14-10-20(2,3)26-21(4,5)11-14/h7-9,12,14,26H,10-11H2,1-6H3,(H2,22,23,24,25). The lowest BCUT2D eigenvalue weighted by Crippen LogP contribution is -2.60. The van der Waals surface area contributed by atoms with Crippen molar-refractivity contribution in [2.24, 2.45) is 0 Å². The molecule has 1 aromatic heterocycles. The van der Waals surface area contributed by atoms with Crippen molar-refractivity contribution in [1.29, 1.82) is 0 Å². The van der Waals surface area contributed by atoms with Crippen molar-refractivity contribution < 1.29 is 9.66 Å². The Hall–Kier alpha value is -2.94. The molecule has 0 spiro atoms. The van der Waals surface area contributed by atoms with Crippen LogP contribution in [0.15, 0.2) is 24.5 Å². The highest BCUT2D eigenvalue weighted by atomic mass is 16.6. The predicted molar refractivity (Wildman–Crippen MR) is 118 cm³/mol. The number of aryl methyl sites for hydroxylation is 1. The Morgan fingerprint density at radius 2 is 1.80 bits per heavy atom. The third-order valence-electron chi connectivity index (χ3n) is 5.14. The summed E-state index contributed by atoms with van der Waals surface area (Å²) < 4.78 is 5.37. The Kier molecular flexibility index (Phi) is 5.85. The van der Waals surface area contributed by atoms with Gasteiger partial charge in [-0.05, 0) is 65.2 Å². The van der Waals surface area contributed by atoms with Crippen molar-refractivity contribution in [3.63, 3.8) is 0 Å². The molecule has 0 aliphatic carbocycles. The van der Waals surface area contributed by atoms with E-state index < -0.39 is 4.92 Å². The minimum Gasteiger partial charge on any atom is -0.495 e. The number of aromatic nitrogens is 2. The number of methoxy groups -OCH3 is 1. The van der Waals surface area contributed by atoms with Crippen LogP contribution in [0.3, 0.4) is 0 Å². The number of rotatable bonds is 6. The summed E-state index contributed by atoms with van der Waals surface area (Å²) in [5.41, 5.74) is 1.21. The highest BCUT2D eigenvalue weighted by molar-refractivity contribution is 5.76. The fourth-order valence-corrected chi connectivity index (χ4v) is 4.41. The number of hydrogen-bond acceptors (Lipinski definition) is 8. The summed E-state index contributed by atoms with van der Waals surface area (Å²) in [5, 5.41) is 21.9. The summed E-state index contributed by atoms with van der Waals surface area (Å²) in [4.78, 5) is 19.8. The van der Waals surface area contributed by atoms with E-state index in [0.29, 0.717) is 11.4 Å². The van der Waals surface area contributed by atoms with Crippen LogP contribution in [0.1, 0.15) is 46.1 Å². The quantitative estimate of drug-likeness (QED) is 0.477. The Labute approximate surface area is 176 Å². The fourth-order valence-electron chi connectivity index (χ4n) is 4.41. The number of benzene rings is 1. The molecule has 1 saturated heterocycles. The second-order valence-electron chi connectivity index (χ2n) is 9.15. The molecule has 0 unspecified atom stereocenters. The molecule has 0 saturated carbocycles. The Morgan fingerprint density at radius 3 is 2.40 bits per heavy atom. The van der Waals surface area contributed by atoms with E-state index in [-0.39, 0.29) is 34.4 Å². The van der Waals surface area contributed by atoms with Gasteiger partial charge in [0.1, 0.15) is 12.1 Å². The molecule has 2 aromatic rings. The zero-order valence-electron chi connectivity index (χ0n) is 18.4. The monoisotopic (exact) mass is 414 g/mol. The minimum atomic E-state index is -0.454. The third kappa shape index (κ3) is 4.96. The van der Waals surface area contributed by atoms with Crippen LogP contribution < -0.4 is 20.7 Å². The molecule has 9 heteroatoms. The van der Waals surface area contributed by atoms with E-state index >= 15 is 0 Å². The maximum absolute atomic E-state index is 12.0. The third-order valence-corrected chi connectivity index (χ3v) is 5.14. The first-order valence-electron chi connectivity index (χ1n) is 9.97. The van der Waals surface area contributed by atoms with E-state index in [4.69, 9.17) is 4.74 Å². The van der Waals surface area contributed by atoms with E-state index in [1.54, 1.807) is 7.11 Å². The first-order chi connectivity index (χ1) is 14.0. The predicted octanol–water partition coefficient (Wildman–Crippen LogP) is 4.17. The van der Waals surface area contributed by atoms with Crippen LogP contribution in [-0.2, 0) is 0 Å². The summed E-state index contributed by atoms with van der Waals surface area (Å²) >= 11 is 0. The number of anilines is 3. The molecule has 9 nitrogen and oxygen atoms in total. The first kappa shape index (κ1) is 21.8. The second kappa shape index (κ2) is 8.06. The summed E-state index contributed by atoms with van der Waals surface area (Å²) in [7, 11) is 1.55. The Morgan fingerprint density at radius 1 is 1.17 bits per heavy atom. The van der Waals surface area contributed by atoms with Gasteiger partial charge in [-0.15, -0.1) is 0 Å². The number of nitrogens with zero attached hydrogens (tertiary/aromatic N) is 3. The first-order valence-corrected chi connectivity index (χ1v) is 9.97. The molecule has 2 heterocycles. The smallest absolute Gasteiger partial charge is 0.353 e. The molecular weight excluding hydrogens is 384 g/mol. The van der Waals surface area contributed by atoms with E-state index in [0.717, 1.165) is 18.4 Å². The molecule has 0 bridgehead atoms. The van der Waals surface area contributed by atoms with Gasteiger partial charge < -0.3 is 20.7 Å². The molecule has 3 N–H and O–H groups in total. The lowest BCUT2D eigenvalue weighted by atomic mass is 9.79. The van der Waals surface area contributed by atoms with Crippen LogP contribution in [0.2, 0.25) is 0 Å². The van der Waals surface area contributed by atoms with Gasteiger partial charge in [0, 0.05) is 17.1 Å². The van der Waals surface area contributed by atoms with Gasteiger partial charge in [0.2, 0.25) is 11.6 Å². The number of hydrogen-bond donors (Lipinski definition) is 3. The molecule has 1 fully saturated rings. The number of nitrogens with one attached hydrogen (secondary N) is 3. The zero-order valence-corrected chi connectivity index (χ0v) is 18.4. The summed E-state index contributed by atoms with van der Waals surface area (Å²) in [6.45, 7) is 10.5. The Balaban J connectivity index is 1.94. The maximum Gasteiger partial charge on any atom is 0.353 e. The van der Waals surface area contributed by atoms with Crippen molar-refractivity contribution in [3.05, 3.63) is 40.2 Å². The molecule has 0 atom stereocenters. The number of piperidine rings is 1. The normalized spacial score (nSPS) is 17.9. The number of ether oxygens (including phenoxy) is 1. The molecule has 30 heavy (non-hydrogen) atoms. The van der Waals surface area contributed by atoms with Gasteiger partial charge in [-0.25, -0.2) is 9.97 Å².